The number of carbonyl (C=O) groups is 2. The van der Waals surface area contributed by atoms with Gasteiger partial charge in [0.1, 0.15) is 0 Å². The summed E-state index contributed by atoms with van der Waals surface area (Å²) in [5.41, 5.74) is 0. The number of nitrogens with zero attached hydrogens (tertiary/aromatic N) is 4. The number of rotatable bonds is 5. The molecule has 3 amide bonds. The summed E-state index contributed by atoms with van der Waals surface area (Å²) < 4.78 is 10.5. The van der Waals surface area contributed by atoms with E-state index in [9.17, 15) is 9.59 Å². The van der Waals surface area contributed by atoms with E-state index in [1.807, 2.05) is 4.90 Å². The third-order valence-corrected chi connectivity index (χ3v) is 5.49. The number of piperidine rings is 1. The van der Waals surface area contributed by atoms with Gasteiger partial charge in [0, 0.05) is 51.0 Å². The molecule has 0 aromatic carbocycles. The largest absolute Gasteiger partial charge is 0.378 e. The minimum absolute atomic E-state index is 0.0207. The first-order chi connectivity index (χ1) is 13.2. The molecule has 148 valence electrons. The van der Waals surface area contributed by atoms with Crippen LogP contribution in [0.1, 0.15) is 43.3 Å². The van der Waals surface area contributed by atoms with Crippen molar-refractivity contribution >= 4 is 11.9 Å². The van der Waals surface area contributed by atoms with Crippen LogP contribution >= 0.6 is 0 Å². The highest BCUT2D eigenvalue weighted by molar-refractivity contribution is 5.80. The fourth-order valence-electron chi connectivity index (χ4n) is 3.63. The van der Waals surface area contributed by atoms with Gasteiger partial charge >= 0.3 is 6.03 Å². The van der Waals surface area contributed by atoms with E-state index < -0.39 is 0 Å². The Balaban J connectivity index is 1.16. The molecule has 9 nitrogen and oxygen atoms in total. The topological polar surface area (TPSA) is 101 Å². The summed E-state index contributed by atoms with van der Waals surface area (Å²) >= 11 is 0. The van der Waals surface area contributed by atoms with Crippen LogP contribution < -0.4 is 5.32 Å². The molecule has 0 unspecified atom stereocenters. The number of ether oxygens (including phenoxy) is 1. The first-order valence-corrected chi connectivity index (χ1v) is 9.92. The number of amides is 3. The Bertz CT molecular complexity index is 660. The van der Waals surface area contributed by atoms with Gasteiger partial charge in [-0.15, -0.1) is 0 Å². The predicted octanol–water partition coefficient (Wildman–Crippen LogP) is 0.770. The molecule has 3 heterocycles. The summed E-state index contributed by atoms with van der Waals surface area (Å²) in [4.78, 5) is 32.9. The van der Waals surface area contributed by atoms with Crippen molar-refractivity contribution in [3.05, 3.63) is 11.7 Å². The molecule has 27 heavy (non-hydrogen) atoms. The zero-order valence-electron chi connectivity index (χ0n) is 15.6. The Hall–Kier alpha value is -2.16. The maximum atomic E-state index is 12.5. The van der Waals surface area contributed by atoms with E-state index in [1.54, 1.807) is 4.90 Å². The van der Waals surface area contributed by atoms with E-state index in [4.69, 9.17) is 9.26 Å². The summed E-state index contributed by atoms with van der Waals surface area (Å²) in [6.45, 7) is 4.30. The Morgan fingerprint density at radius 1 is 1.04 bits per heavy atom. The first kappa shape index (κ1) is 18.2. The molecule has 2 saturated heterocycles. The molecule has 0 radical (unpaired) electrons. The zero-order chi connectivity index (χ0) is 18.6. The van der Waals surface area contributed by atoms with Gasteiger partial charge in [0.05, 0.1) is 13.2 Å². The molecule has 0 atom stereocenters. The summed E-state index contributed by atoms with van der Waals surface area (Å²) in [7, 11) is 0. The molecule has 0 bridgehead atoms. The summed E-state index contributed by atoms with van der Waals surface area (Å²) in [5, 5.41) is 6.87. The van der Waals surface area contributed by atoms with Gasteiger partial charge in [0.2, 0.25) is 11.8 Å². The number of urea groups is 1. The van der Waals surface area contributed by atoms with Crippen LogP contribution in [0.5, 0.6) is 0 Å². The molecule has 0 spiro atoms. The lowest BCUT2D eigenvalue weighted by molar-refractivity contribution is -0.141. The average Bonchev–Trinajstić information content (AvgIpc) is 3.47. The normalized spacial score (nSPS) is 21.3. The Kier molecular flexibility index (Phi) is 5.56. The lowest BCUT2D eigenvalue weighted by atomic mass is 9.95. The number of hydrogen-bond acceptors (Lipinski definition) is 6. The van der Waals surface area contributed by atoms with Crippen molar-refractivity contribution in [2.45, 2.75) is 38.0 Å². The number of carbonyl (C=O) groups excluding carboxylic acids is 2. The van der Waals surface area contributed by atoms with Gasteiger partial charge in [-0.05, 0) is 25.7 Å². The van der Waals surface area contributed by atoms with Crippen LogP contribution in [-0.2, 0) is 16.0 Å². The molecular weight excluding hydrogens is 350 g/mol. The van der Waals surface area contributed by atoms with Gasteiger partial charge in [0.15, 0.2) is 5.82 Å². The first-order valence-electron chi connectivity index (χ1n) is 9.92. The van der Waals surface area contributed by atoms with Gasteiger partial charge in [-0.2, -0.15) is 4.98 Å². The highest BCUT2D eigenvalue weighted by Gasteiger charge is 2.31. The molecule has 1 N–H and O–H groups in total. The van der Waals surface area contributed by atoms with Crippen LogP contribution in [0.2, 0.25) is 0 Å². The van der Waals surface area contributed by atoms with Crippen LogP contribution in [0, 0.1) is 5.92 Å². The lowest BCUT2D eigenvalue weighted by Crippen LogP contribution is -2.49. The second-order valence-corrected chi connectivity index (χ2v) is 7.50. The van der Waals surface area contributed by atoms with E-state index in [0.717, 1.165) is 31.6 Å². The van der Waals surface area contributed by atoms with Crippen molar-refractivity contribution in [3.63, 3.8) is 0 Å². The fourth-order valence-corrected chi connectivity index (χ4v) is 3.63. The van der Waals surface area contributed by atoms with Crippen molar-refractivity contribution in [1.29, 1.82) is 0 Å². The number of likely N-dealkylation sites (tertiary alicyclic amines) is 1. The standard InChI is InChI=1S/C18H27N5O4/c24-17(22-9-11-26-12-10-22)14-4-7-23(8-5-14)18(25)19-6-3-15-20-16(27-21-15)13-1-2-13/h13-14H,1-12H2,(H,19,25). The summed E-state index contributed by atoms with van der Waals surface area (Å²) in [6.07, 6.45) is 4.26. The molecule has 1 aliphatic carbocycles. The van der Waals surface area contributed by atoms with Gasteiger partial charge < -0.3 is 24.4 Å². The number of morpholine rings is 1. The third kappa shape index (κ3) is 4.58. The Morgan fingerprint density at radius 3 is 2.48 bits per heavy atom. The zero-order valence-corrected chi connectivity index (χ0v) is 15.6. The highest BCUT2D eigenvalue weighted by atomic mass is 16.5. The smallest absolute Gasteiger partial charge is 0.317 e. The van der Waals surface area contributed by atoms with Crippen LogP contribution in [-0.4, -0.2) is 77.8 Å². The van der Waals surface area contributed by atoms with E-state index in [1.165, 1.54) is 0 Å². The van der Waals surface area contributed by atoms with Crippen molar-refractivity contribution in [2.75, 3.05) is 45.9 Å². The maximum Gasteiger partial charge on any atom is 0.317 e. The molecule has 1 saturated carbocycles. The van der Waals surface area contributed by atoms with E-state index in [0.29, 0.717) is 64.1 Å². The van der Waals surface area contributed by atoms with Crippen LogP contribution in [0.15, 0.2) is 4.52 Å². The van der Waals surface area contributed by atoms with Gasteiger partial charge in [-0.25, -0.2) is 4.79 Å². The van der Waals surface area contributed by atoms with Gasteiger partial charge in [-0.3, -0.25) is 4.79 Å². The van der Waals surface area contributed by atoms with Crippen molar-refractivity contribution in [1.82, 2.24) is 25.3 Å². The number of nitrogens with one attached hydrogen (secondary N) is 1. The molecule has 3 aliphatic rings. The number of aromatic nitrogens is 2. The predicted molar refractivity (Wildman–Crippen MR) is 95.1 cm³/mol. The second kappa shape index (κ2) is 8.24. The van der Waals surface area contributed by atoms with Gasteiger partial charge in [0.25, 0.3) is 0 Å². The molecule has 1 aromatic rings. The monoisotopic (exact) mass is 377 g/mol. The van der Waals surface area contributed by atoms with Crippen molar-refractivity contribution in [3.8, 4) is 0 Å². The van der Waals surface area contributed by atoms with Crippen LogP contribution in [0.3, 0.4) is 0 Å². The molecule has 1 aromatic heterocycles. The third-order valence-electron chi connectivity index (χ3n) is 5.49. The molecule has 3 fully saturated rings. The van der Waals surface area contributed by atoms with E-state index in [-0.39, 0.29) is 17.9 Å². The van der Waals surface area contributed by atoms with E-state index in [2.05, 4.69) is 15.5 Å². The Morgan fingerprint density at radius 2 is 1.78 bits per heavy atom. The maximum absolute atomic E-state index is 12.5. The fraction of sp³-hybridized carbons (Fsp3) is 0.778. The molecular formula is C18H27N5O4. The number of hydrogen-bond donors (Lipinski definition) is 1. The second-order valence-electron chi connectivity index (χ2n) is 7.50. The summed E-state index contributed by atoms with van der Waals surface area (Å²) in [6, 6.07) is -0.0850. The minimum Gasteiger partial charge on any atom is -0.378 e. The lowest BCUT2D eigenvalue weighted by Gasteiger charge is -2.35. The Labute approximate surface area is 158 Å². The van der Waals surface area contributed by atoms with Crippen LogP contribution in [0.4, 0.5) is 4.79 Å². The van der Waals surface area contributed by atoms with Crippen molar-refractivity contribution < 1.29 is 18.8 Å². The van der Waals surface area contributed by atoms with Gasteiger partial charge in [-0.1, -0.05) is 5.16 Å². The summed E-state index contributed by atoms with van der Waals surface area (Å²) in [5.74, 6) is 2.05. The molecule has 4 rings (SSSR count). The molecule has 9 heteroatoms. The average molecular weight is 377 g/mol. The molecule has 2 aliphatic heterocycles. The van der Waals surface area contributed by atoms with Crippen LogP contribution in [0.25, 0.3) is 0 Å². The minimum atomic E-state index is -0.0850. The van der Waals surface area contributed by atoms with Crippen molar-refractivity contribution in [2.24, 2.45) is 5.92 Å². The van der Waals surface area contributed by atoms with E-state index >= 15 is 0 Å². The quantitative estimate of drug-likeness (QED) is 0.813. The SMILES string of the molecule is O=C(NCCc1noc(C2CC2)n1)N1CCC(C(=O)N2CCOCC2)CC1. The highest BCUT2D eigenvalue weighted by Crippen LogP contribution is 2.38.